The van der Waals surface area contributed by atoms with Crippen molar-refractivity contribution in [2.24, 2.45) is 15.0 Å². The summed E-state index contributed by atoms with van der Waals surface area (Å²) in [7, 11) is 0. The molecule has 0 fully saturated rings. The number of benzene rings is 4. The molecule has 0 bridgehead atoms. The molecule has 60 heavy (non-hydrogen) atoms. The van der Waals surface area contributed by atoms with Crippen LogP contribution in [0.2, 0.25) is 0 Å². The predicted molar refractivity (Wildman–Crippen MR) is 245 cm³/mol. The molecule has 3 aromatic heterocycles. The first-order chi connectivity index (χ1) is 29.5. The molecule has 306 valence electrons. The average molecular weight is 856 g/mol. The van der Waals surface area contributed by atoms with Crippen LogP contribution in [0.3, 0.4) is 0 Å². The molecule has 7 rings (SSSR count). The van der Waals surface area contributed by atoms with E-state index in [1.54, 1.807) is 18.6 Å². The van der Waals surface area contributed by atoms with E-state index < -0.39 is 0 Å². The number of rotatable bonds is 21. The van der Waals surface area contributed by atoms with E-state index in [1.807, 2.05) is 91.0 Å². The zero-order valence-corrected chi connectivity index (χ0v) is 36.2. The Bertz CT molecular complexity index is 2210. The maximum Gasteiger partial charge on any atom is 0.231 e. The smallest absolute Gasteiger partial charge is 0.231 e. The lowest BCUT2D eigenvalue weighted by Gasteiger charge is -2.05. The topological polar surface area (TPSA) is 142 Å². The van der Waals surface area contributed by atoms with Crippen molar-refractivity contribution in [3.8, 4) is 49.0 Å². The molecule has 0 radical (unpaired) electrons. The van der Waals surface area contributed by atoms with Gasteiger partial charge in [0.15, 0.2) is 0 Å². The standard InChI is InChI=1S/C45H45N9O3S3/c1-4-7-22-55-37-16-10-34(11-17-37)40-49-52-43(58-40)46-28-31-25-32(29-47-44-53-50-41(59-44)35-12-18-38(19-13-35)56-23-8-5-2)27-33(26-31)30-48-45-54-51-42(60-45)36-14-20-39(21-15-36)57-24-9-6-3/h10-21,25-30H,4-9,22-24H2,1-3H3/b46-28+,47-29+,48-30+. The van der Waals surface area contributed by atoms with Crippen molar-refractivity contribution >= 4 is 68.0 Å². The van der Waals surface area contributed by atoms with E-state index >= 15 is 0 Å². The van der Waals surface area contributed by atoms with Crippen molar-refractivity contribution in [1.82, 2.24) is 30.6 Å². The summed E-state index contributed by atoms with van der Waals surface area (Å²) >= 11 is 4.23. The predicted octanol–water partition coefficient (Wildman–Crippen LogP) is 12.0. The van der Waals surface area contributed by atoms with Crippen LogP contribution in [-0.4, -0.2) is 69.1 Å². The summed E-state index contributed by atoms with van der Waals surface area (Å²) in [4.78, 5) is 14.1. The van der Waals surface area contributed by atoms with Crippen LogP contribution in [0.4, 0.5) is 15.4 Å². The third-order valence-electron chi connectivity index (χ3n) is 8.82. The zero-order chi connectivity index (χ0) is 41.4. The highest BCUT2D eigenvalue weighted by atomic mass is 32.1. The third-order valence-corrected chi connectivity index (χ3v) is 11.5. The molecule has 3 heterocycles. The lowest BCUT2D eigenvalue weighted by atomic mass is 10.1. The van der Waals surface area contributed by atoms with E-state index in [2.05, 4.69) is 66.3 Å². The van der Waals surface area contributed by atoms with Gasteiger partial charge in [0, 0.05) is 35.3 Å². The molecule has 12 nitrogen and oxygen atoms in total. The SMILES string of the molecule is CCCCOc1ccc(-c2nnc(/N=C/c3cc(/C=N/c4nnc(-c5ccc(OCCCC)cc5)s4)cc(/C=N/c4nnc(-c5ccc(OCCCC)cc5)s4)c3)s2)cc1. The average Bonchev–Trinajstić information content (AvgIpc) is 4.08. The van der Waals surface area contributed by atoms with Crippen molar-refractivity contribution in [3.05, 3.63) is 108 Å². The first kappa shape index (κ1) is 42.1. The lowest BCUT2D eigenvalue weighted by molar-refractivity contribution is 0.309. The number of hydrogen-bond acceptors (Lipinski definition) is 15. The minimum Gasteiger partial charge on any atom is -0.494 e. The highest BCUT2D eigenvalue weighted by molar-refractivity contribution is 7.18. The van der Waals surface area contributed by atoms with Gasteiger partial charge in [-0.25, -0.2) is 15.0 Å². The molecular formula is C45H45N9O3S3. The van der Waals surface area contributed by atoms with Crippen molar-refractivity contribution < 1.29 is 14.2 Å². The molecule has 0 atom stereocenters. The second kappa shape index (κ2) is 21.8. The van der Waals surface area contributed by atoms with Crippen molar-refractivity contribution in [1.29, 1.82) is 0 Å². The molecule has 4 aromatic carbocycles. The largest absolute Gasteiger partial charge is 0.494 e. The molecule has 15 heteroatoms. The Hall–Kier alpha value is -6.03. The van der Waals surface area contributed by atoms with Gasteiger partial charge in [0.2, 0.25) is 15.4 Å². The Balaban J connectivity index is 1.08. The molecule has 0 aliphatic heterocycles. The molecule has 0 aliphatic carbocycles. The second-order valence-corrected chi connectivity index (χ2v) is 16.4. The van der Waals surface area contributed by atoms with Crippen LogP contribution in [-0.2, 0) is 0 Å². The van der Waals surface area contributed by atoms with Gasteiger partial charge in [-0.15, -0.1) is 30.6 Å². The normalized spacial score (nSPS) is 11.7. The van der Waals surface area contributed by atoms with Gasteiger partial charge in [0.05, 0.1) is 19.8 Å². The highest BCUT2D eigenvalue weighted by Crippen LogP contribution is 2.32. The Morgan fingerprint density at radius 1 is 0.417 bits per heavy atom. The second-order valence-electron chi connectivity index (χ2n) is 13.6. The number of hydrogen-bond donors (Lipinski definition) is 0. The van der Waals surface area contributed by atoms with Crippen molar-refractivity contribution in [2.45, 2.75) is 59.3 Å². The molecule has 7 aromatic rings. The van der Waals surface area contributed by atoms with E-state index in [9.17, 15) is 0 Å². The van der Waals surface area contributed by atoms with Gasteiger partial charge >= 0.3 is 0 Å². The number of ether oxygens (including phenoxy) is 3. The van der Waals surface area contributed by atoms with E-state index in [1.165, 1.54) is 34.0 Å². The number of nitrogens with zero attached hydrogens (tertiary/aromatic N) is 9. The number of aromatic nitrogens is 6. The van der Waals surface area contributed by atoms with Gasteiger partial charge in [-0.1, -0.05) is 74.0 Å². The van der Waals surface area contributed by atoms with Crippen LogP contribution in [0, 0.1) is 0 Å². The summed E-state index contributed by atoms with van der Waals surface area (Å²) in [5, 5.41) is 30.1. The lowest BCUT2D eigenvalue weighted by Crippen LogP contribution is -1.95. The molecular weight excluding hydrogens is 811 g/mol. The minimum atomic E-state index is 0.534. The molecule has 0 unspecified atom stereocenters. The minimum absolute atomic E-state index is 0.534. The van der Waals surface area contributed by atoms with E-state index in [0.717, 1.165) is 104 Å². The summed E-state index contributed by atoms with van der Waals surface area (Å²) in [6, 6.07) is 29.7. The fourth-order valence-corrected chi connectivity index (χ4v) is 7.64. The van der Waals surface area contributed by atoms with Crippen molar-refractivity contribution in [2.75, 3.05) is 19.8 Å². The molecule has 0 aliphatic rings. The first-order valence-corrected chi connectivity index (χ1v) is 22.5. The number of aliphatic imine (C=N–C) groups is 3. The van der Waals surface area contributed by atoms with Crippen LogP contribution in [0.25, 0.3) is 31.7 Å². The third kappa shape index (κ3) is 12.3. The van der Waals surface area contributed by atoms with Crippen molar-refractivity contribution in [3.63, 3.8) is 0 Å². The maximum absolute atomic E-state index is 5.81. The monoisotopic (exact) mass is 855 g/mol. The molecule has 0 amide bonds. The fraction of sp³-hybridized carbons (Fsp3) is 0.267. The summed E-state index contributed by atoms with van der Waals surface area (Å²) in [6.45, 7) is 8.55. The number of unbranched alkanes of at least 4 members (excludes halogenated alkanes) is 3. The highest BCUT2D eigenvalue weighted by Gasteiger charge is 2.10. The van der Waals surface area contributed by atoms with E-state index in [4.69, 9.17) is 14.2 Å². The summed E-state index contributed by atoms with van der Waals surface area (Å²) in [5.74, 6) is 2.52. The van der Waals surface area contributed by atoms with Gasteiger partial charge in [0.1, 0.15) is 32.3 Å². The van der Waals surface area contributed by atoms with Crippen LogP contribution in [0.15, 0.2) is 106 Å². The van der Waals surface area contributed by atoms with Gasteiger partial charge in [-0.2, -0.15) is 0 Å². The van der Waals surface area contributed by atoms with E-state index in [0.29, 0.717) is 35.2 Å². The van der Waals surface area contributed by atoms with Gasteiger partial charge in [-0.05, 0) is 127 Å². The summed E-state index contributed by atoms with van der Waals surface area (Å²) < 4.78 is 17.4. The van der Waals surface area contributed by atoms with Gasteiger partial charge in [-0.3, -0.25) is 0 Å². The van der Waals surface area contributed by atoms with Crippen LogP contribution in [0.5, 0.6) is 17.2 Å². The van der Waals surface area contributed by atoms with Gasteiger partial charge in [0.25, 0.3) is 0 Å². The Morgan fingerprint density at radius 2 is 0.700 bits per heavy atom. The molecule has 0 saturated carbocycles. The Kier molecular flexibility index (Phi) is 15.3. The van der Waals surface area contributed by atoms with Crippen LogP contribution >= 0.6 is 34.0 Å². The van der Waals surface area contributed by atoms with Gasteiger partial charge < -0.3 is 14.2 Å². The molecule has 0 N–H and O–H groups in total. The van der Waals surface area contributed by atoms with Crippen LogP contribution < -0.4 is 14.2 Å². The molecule has 0 spiro atoms. The first-order valence-electron chi connectivity index (χ1n) is 20.0. The quantitative estimate of drug-likeness (QED) is 0.0510. The fourth-order valence-electron chi connectivity index (χ4n) is 5.55. The maximum atomic E-state index is 5.81. The van der Waals surface area contributed by atoms with Crippen LogP contribution in [0.1, 0.15) is 76.0 Å². The Labute approximate surface area is 361 Å². The summed E-state index contributed by atoms with van der Waals surface area (Å²) in [6.07, 6.45) is 11.6. The molecule has 0 saturated heterocycles. The Morgan fingerprint density at radius 3 is 0.967 bits per heavy atom. The zero-order valence-electron chi connectivity index (χ0n) is 33.7. The summed E-state index contributed by atoms with van der Waals surface area (Å²) in [5.41, 5.74) is 5.33. The van der Waals surface area contributed by atoms with E-state index in [-0.39, 0.29) is 0 Å².